The van der Waals surface area contributed by atoms with Crippen LogP contribution in [-0.4, -0.2) is 3.21 Å². The summed E-state index contributed by atoms with van der Waals surface area (Å²) in [5.41, 5.74) is 13.5. The smallest absolute Gasteiger partial charge is 0.172 e. The van der Waals surface area contributed by atoms with E-state index >= 15 is 0 Å². The Hall–Kier alpha value is -2.44. The van der Waals surface area contributed by atoms with Crippen LogP contribution >= 0.6 is 0 Å². The predicted molar refractivity (Wildman–Crippen MR) is 208 cm³/mol. The van der Waals surface area contributed by atoms with Gasteiger partial charge in [-0.15, -0.1) is 28.8 Å². The molecule has 5 aromatic rings. The molecule has 0 nitrogen and oxygen atoms in total. The zero-order valence-corrected chi connectivity index (χ0v) is 35.9. The fourth-order valence-electron chi connectivity index (χ4n) is 6.49. The van der Waals surface area contributed by atoms with Crippen LogP contribution in [0.4, 0.5) is 0 Å². The number of halogens is 2. The molecule has 0 amide bonds. The van der Waals surface area contributed by atoms with E-state index < -0.39 is 0 Å². The summed E-state index contributed by atoms with van der Waals surface area (Å²) in [7, 11) is 0. The number of hydrogen-bond acceptors (Lipinski definition) is 0. The third-order valence-corrected chi connectivity index (χ3v) is 9.69. The summed E-state index contributed by atoms with van der Waals surface area (Å²) < 4.78 is 1.75. The first-order chi connectivity index (χ1) is 22.6. The van der Waals surface area contributed by atoms with Gasteiger partial charge in [0.25, 0.3) is 0 Å². The van der Waals surface area contributed by atoms with E-state index in [4.69, 9.17) is 0 Å². The van der Waals surface area contributed by atoms with Crippen LogP contribution in [0, 0.1) is 17.9 Å². The van der Waals surface area contributed by atoms with Gasteiger partial charge in [0.1, 0.15) is 0 Å². The van der Waals surface area contributed by atoms with Gasteiger partial charge in [-0.1, -0.05) is 131 Å². The Kier molecular flexibility index (Phi) is 17.0. The largest absolute Gasteiger partial charge is 1.00 e. The van der Waals surface area contributed by atoms with Gasteiger partial charge in [0, 0.05) is 0 Å². The van der Waals surface area contributed by atoms with Gasteiger partial charge in [0.05, 0.1) is 0 Å². The minimum absolute atomic E-state index is 0. The van der Waals surface area contributed by atoms with Crippen molar-refractivity contribution in [1.29, 1.82) is 0 Å². The molecule has 0 saturated heterocycles. The van der Waals surface area contributed by atoms with E-state index in [2.05, 4.69) is 154 Å². The SMILES string of the molecule is CC(C)(C)c1cc2c([c-]c1-c1ccccc1)Cc1cc(-c3ccccc3)c(C(C)(C)C)cc1-2.CC(C)C[C](=[Zr+2])CC(C)C.[Cl-].[Cl-].c1cc[cH-]c1. The van der Waals surface area contributed by atoms with Crippen molar-refractivity contribution >= 4 is 3.21 Å². The maximum Gasteiger partial charge on any atom is -0.172 e. The minimum atomic E-state index is 0. The van der Waals surface area contributed by atoms with Gasteiger partial charge in [0.15, 0.2) is 0 Å². The second-order valence-electron chi connectivity index (χ2n) is 16.2. The van der Waals surface area contributed by atoms with Crippen molar-refractivity contribution in [3.63, 3.8) is 0 Å². The molecule has 1 aliphatic carbocycles. The maximum absolute atomic E-state index is 3.88. The van der Waals surface area contributed by atoms with Crippen molar-refractivity contribution < 1.29 is 49.0 Å². The number of fused-ring (bicyclic) bond motifs is 3. The Morgan fingerprint density at radius 1 is 0.640 bits per heavy atom. The predicted octanol–water partition coefficient (Wildman–Crippen LogP) is 7.20. The fraction of sp³-hybridized carbons (Fsp3) is 0.362. The van der Waals surface area contributed by atoms with Crippen molar-refractivity contribution in [2.45, 2.75) is 99.3 Å². The summed E-state index contributed by atoms with van der Waals surface area (Å²) in [4.78, 5) is 0. The molecule has 6 rings (SSSR count). The molecular formula is C47H56Cl2Zr-2. The Morgan fingerprint density at radius 2 is 1.12 bits per heavy atom. The second-order valence-corrected chi connectivity index (χ2v) is 17.9. The quantitative estimate of drug-likeness (QED) is 0.157. The molecule has 0 heterocycles. The Labute approximate surface area is 332 Å². The molecule has 0 atom stereocenters. The van der Waals surface area contributed by atoms with Crippen LogP contribution in [0.25, 0.3) is 33.4 Å². The molecule has 0 spiro atoms. The van der Waals surface area contributed by atoms with Crippen LogP contribution in [-0.2, 0) is 41.5 Å². The Bertz CT molecular complexity index is 1620. The monoisotopic (exact) mass is 780 g/mol. The second kappa shape index (κ2) is 19.4. The van der Waals surface area contributed by atoms with Crippen molar-refractivity contribution in [3.05, 3.63) is 138 Å². The molecule has 0 aromatic heterocycles. The molecule has 0 aliphatic heterocycles. The van der Waals surface area contributed by atoms with Crippen molar-refractivity contribution in [3.8, 4) is 33.4 Å². The van der Waals surface area contributed by atoms with E-state index in [-0.39, 0.29) is 35.6 Å². The van der Waals surface area contributed by atoms with Crippen LogP contribution < -0.4 is 24.8 Å². The van der Waals surface area contributed by atoms with Gasteiger partial charge < -0.3 is 24.8 Å². The van der Waals surface area contributed by atoms with Crippen LogP contribution in [0.3, 0.4) is 0 Å². The first-order valence-corrected chi connectivity index (χ1v) is 19.0. The molecule has 264 valence electrons. The summed E-state index contributed by atoms with van der Waals surface area (Å²) in [5, 5.41) is 0. The summed E-state index contributed by atoms with van der Waals surface area (Å²) in [6.45, 7) is 23.1. The molecule has 0 radical (unpaired) electrons. The van der Waals surface area contributed by atoms with E-state index in [1.54, 1.807) is 27.4 Å². The third kappa shape index (κ3) is 12.1. The summed E-state index contributed by atoms with van der Waals surface area (Å²) >= 11 is 1.65. The fourth-order valence-corrected chi connectivity index (χ4v) is 8.50. The number of benzene rings is 4. The summed E-state index contributed by atoms with van der Waals surface area (Å²) in [5.74, 6) is 1.71. The minimum Gasteiger partial charge on any atom is -1.00 e. The third-order valence-electron chi connectivity index (χ3n) is 8.69. The van der Waals surface area contributed by atoms with E-state index in [0.29, 0.717) is 0 Å². The van der Waals surface area contributed by atoms with E-state index in [9.17, 15) is 0 Å². The van der Waals surface area contributed by atoms with Crippen LogP contribution in [0.2, 0.25) is 0 Å². The van der Waals surface area contributed by atoms with Gasteiger partial charge in [-0.3, -0.25) is 0 Å². The molecule has 0 bridgehead atoms. The zero-order chi connectivity index (χ0) is 35.1. The van der Waals surface area contributed by atoms with Gasteiger partial charge >= 0.3 is 79.8 Å². The van der Waals surface area contributed by atoms with E-state index in [0.717, 1.165) is 18.3 Å². The standard InChI is InChI=1S/C33H33.C9H18.C5H5.2ClH.Zr/c1-32(2,3)30-20-26-24(18-28(30)22-13-9-7-10-14-22)17-25-19-29(23-15-11-8-12-16-23)31(21-27(25)26)33(4,5)6;1-8(2)6-5-7-9(3)4;1-2-4-5-3-1;;;/h7-16,18,20-21H,17H2,1-6H3;8-9H,6-7H2,1-4H3;1-5H;2*1H;/q-1;;-1;;;+2/p-2. The molecule has 3 heteroatoms. The molecule has 5 aromatic carbocycles. The van der Waals surface area contributed by atoms with Crippen molar-refractivity contribution in [2.75, 3.05) is 0 Å². The summed E-state index contributed by atoms with van der Waals surface area (Å²) in [6.07, 6.45) is 3.63. The van der Waals surface area contributed by atoms with Gasteiger partial charge in [-0.25, -0.2) is 12.1 Å². The number of hydrogen-bond donors (Lipinski definition) is 0. The molecule has 0 fully saturated rings. The first-order valence-electron chi connectivity index (χ1n) is 17.8. The average Bonchev–Trinajstić information content (AvgIpc) is 3.71. The van der Waals surface area contributed by atoms with Crippen LogP contribution in [0.1, 0.15) is 104 Å². The zero-order valence-electron chi connectivity index (χ0n) is 31.9. The van der Waals surface area contributed by atoms with Crippen molar-refractivity contribution in [2.24, 2.45) is 11.8 Å². The number of rotatable bonds is 6. The van der Waals surface area contributed by atoms with Gasteiger partial charge in [0.2, 0.25) is 0 Å². The molecular weight excluding hydrogens is 727 g/mol. The van der Waals surface area contributed by atoms with Crippen molar-refractivity contribution in [1.82, 2.24) is 0 Å². The normalized spacial score (nSPS) is 11.6. The Morgan fingerprint density at radius 3 is 1.56 bits per heavy atom. The van der Waals surface area contributed by atoms with Crippen LogP contribution in [0.15, 0.2) is 109 Å². The van der Waals surface area contributed by atoms with Gasteiger partial charge in [-0.05, 0) is 39.5 Å². The summed E-state index contributed by atoms with van der Waals surface area (Å²) in [6, 6.07) is 42.8. The first kappa shape index (κ1) is 43.7. The van der Waals surface area contributed by atoms with Crippen LogP contribution in [0.5, 0.6) is 0 Å². The van der Waals surface area contributed by atoms with Gasteiger partial charge in [-0.2, -0.15) is 18.2 Å². The molecule has 50 heavy (non-hydrogen) atoms. The molecule has 0 saturated carbocycles. The molecule has 1 aliphatic rings. The molecule has 0 unspecified atom stereocenters. The molecule has 0 N–H and O–H groups in total. The topological polar surface area (TPSA) is 0 Å². The maximum atomic E-state index is 3.88. The Balaban J connectivity index is 0.000000427. The van der Waals surface area contributed by atoms with E-state index in [1.165, 1.54) is 68.5 Å². The van der Waals surface area contributed by atoms with E-state index in [1.807, 2.05) is 30.3 Å². The average molecular weight is 783 g/mol.